The van der Waals surface area contributed by atoms with E-state index in [1.807, 2.05) is 4.83 Å². The second-order valence-corrected chi connectivity index (χ2v) is 5.22. The van der Waals surface area contributed by atoms with Gasteiger partial charge in [0.1, 0.15) is 10.6 Å². The Morgan fingerprint density at radius 3 is 2.06 bits per heavy atom. The summed E-state index contributed by atoms with van der Waals surface area (Å²) < 4.78 is 28.7. The summed E-state index contributed by atoms with van der Waals surface area (Å²) in [5.74, 6) is -1.40. The molecule has 1 aromatic heterocycles. The van der Waals surface area contributed by atoms with Crippen LogP contribution in [0.25, 0.3) is 0 Å². The van der Waals surface area contributed by atoms with Gasteiger partial charge in [-0.3, -0.25) is 9.59 Å². The molecular weight excluding hydrogens is 262 g/mol. The average Bonchev–Trinajstić information content (AvgIpc) is 2.54. The van der Waals surface area contributed by atoms with Crippen LogP contribution in [0.3, 0.4) is 0 Å². The van der Waals surface area contributed by atoms with Crippen molar-refractivity contribution >= 4 is 21.8 Å². The fraction of sp³-hybridized carbons (Fsp3) is 0.444. The summed E-state index contributed by atoms with van der Waals surface area (Å²) in [7, 11) is -4.09. The van der Waals surface area contributed by atoms with Crippen molar-refractivity contribution in [3.05, 3.63) is 11.5 Å². The van der Waals surface area contributed by atoms with Crippen molar-refractivity contribution in [2.45, 2.75) is 32.6 Å². The molecule has 100 valence electrons. The molecule has 0 atom stereocenters. The van der Waals surface area contributed by atoms with E-state index in [0.717, 1.165) is 13.8 Å². The Morgan fingerprint density at radius 1 is 1.22 bits per heavy atom. The normalized spacial score (nSPS) is 11.3. The molecule has 9 heteroatoms. The van der Waals surface area contributed by atoms with Gasteiger partial charge in [0.15, 0.2) is 5.76 Å². The molecule has 0 aliphatic rings. The van der Waals surface area contributed by atoms with Gasteiger partial charge in [-0.15, -0.1) is 4.83 Å². The third-order valence-electron chi connectivity index (χ3n) is 2.08. The number of carbonyl (C=O) groups is 2. The lowest BCUT2D eigenvalue weighted by molar-refractivity contribution is -0.144. The fourth-order valence-electron chi connectivity index (χ4n) is 1.37. The van der Waals surface area contributed by atoms with Crippen LogP contribution in [0.4, 0.5) is 0 Å². The first-order chi connectivity index (χ1) is 8.16. The zero-order chi connectivity index (χ0) is 14.1. The average molecular weight is 275 g/mol. The summed E-state index contributed by atoms with van der Waals surface area (Å²) in [4.78, 5) is 24.0. The molecule has 1 heterocycles. The van der Waals surface area contributed by atoms with E-state index in [4.69, 9.17) is 4.52 Å². The third kappa shape index (κ3) is 2.74. The monoisotopic (exact) mass is 275 g/mol. The highest BCUT2D eigenvalue weighted by molar-refractivity contribution is 7.89. The van der Waals surface area contributed by atoms with Crippen LogP contribution < -0.4 is 4.83 Å². The quantitative estimate of drug-likeness (QED) is 0.770. The third-order valence-corrected chi connectivity index (χ3v) is 3.62. The molecule has 0 unspecified atom stereocenters. The number of aromatic nitrogens is 1. The van der Waals surface area contributed by atoms with E-state index in [-0.39, 0.29) is 16.3 Å². The Hall–Kier alpha value is -1.74. The lowest BCUT2D eigenvalue weighted by atomic mass is 10.4. The molecule has 18 heavy (non-hydrogen) atoms. The van der Waals surface area contributed by atoms with Crippen LogP contribution in [-0.2, 0) is 19.6 Å². The predicted octanol–water partition coefficient (Wildman–Crippen LogP) is -0.120. The van der Waals surface area contributed by atoms with Crippen LogP contribution in [0.1, 0.15) is 25.3 Å². The highest BCUT2D eigenvalue weighted by atomic mass is 32.2. The lowest BCUT2D eigenvalue weighted by Crippen LogP contribution is -2.47. The number of nitrogens with zero attached hydrogens (tertiary/aromatic N) is 2. The number of nitrogens with one attached hydrogen (secondary N) is 1. The van der Waals surface area contributed by atoms with Gasteiger partial charge in [-0.1, -0.05) is 5.16 Å². The van der Waals surface area contributed by atoms with Crippen molar-refractivity contribution in [1.82, 2.24) is 15.0 Å². The minimum Gasteiger partial charge on any atom is -0.360 e. The second-order valence-electron chi connectivity index (χ2n) is 3.62. The van der Waals surface area contributed by atoms with Crippen LogP contribution in [-0.4, -0.2) is 30.4 Å². The molecule has 0 spiro atoms. The van der Waals surface area contributed by atoms with Gasteiger partial charge in [-0.2, -0.15) is 5.01 Å². The molecule has 0 saturated heterocycles. The molecular formula is C9H13N3O5S. The van der Waals surface area contributed by atoms with Gasteiger partial charge in [0.25, 0.3) is 10.0 Å². The van der Waals surface area contributed by atoms with Crippen molar-refractivity contribution in [3.8, 4) is 0 Å². The molecule has 8 nitrogen and oxygen atoms in total. The van der Waals surface area contributed by atoms with Crippen LogP contribution in [0.5, 0.6) is 0 Å². The number of sulfonamides is 1. The predicted molar refractivity (Wildman–Crippen MR) is 59.5 cm³/mol. The largest absolute Gasteiger partial charge is 0.360 e. The zero-order valence-electron chi connectivity index (χ0n) is 10.3. The van der Waals surface area contributed by atoms with Gasteiger partial charge in [0.2, 0.25) is 11.8 Å². The second kappa shape index (κ2) is 4.86. The summed E-state index contributed by atoms with van der Waals surface area (Å²) in [5.41, 5.74) is 0.145. The van der Waals surface area contributed by atoms with E-state index in [9.17, 15) is 18.0 Å². The first kappa shape index (κ1) is 14.3. The summed E-state index contributed by atoms with van der Waals surface area (Å²) in [6.45, 7) is 4.99. The van der Waals surface area contributed by atoms with E-state index < -0.39 is 21.8 Å². The molecule has 1 rings (SSSR count). The fourth-order valence-corrected chi connectivity index (χ4v) is 2.81. The van der Waals surface area contributed by atoms with Crippen LogP contribution in [0.2, 0.25) is 0 Å². The molecule has 0 aliphatic heterocycles. The number of hydrazine groups is 1. The molecule has 1 N–H and O–H groups in total. The van der Waals surface area contributed by atoms with Crippen LogP contribution in [0, 0.1) is 13.8 Å². The van der Waals surface area contributed by atoms with Crippen LogP contribution >= 0.6 is 0 Å². The van der Waals surface area contributed by atoms with Gasteiger partial charge in [-0.25, -0.2) is 8.42 Å². The van der Waals surface area contributed by atoms with E-state index in [2.05, 4.69) is 5.16 Å². The maximum Gasteiger partial charge on any atom is 0.263 e. The van der Waals surface area contributed by atoms with Gasteiger partial charge >= 0.3 is 0 Å². The van der Waals surface area contributed by atoms with Gasteiger partial charge in [0.05, 0.1) is 0 Å². The van der Waals surface area contributed by atoms with Gasteiger partial charge in [0, 0.05) is 13.8 Å². The molecule has 1 aromatic rings. The first-order valence-corrected chi connectivity index (χ1v) is 6.41. The molecule has 0 aromatic carbocycles. The standard InChI is InChI=1S/C9H13N3O5S/c1-5-9(6(2)17-10-5)18(15,16)11-12(7(3)13)8(4)14/h11H,1-4H3. The molecule has 0 saturated carbocycles. The number of aryl methyl sites for hydroxylation is 2. The number of amides is 2. The van der Waals surface area contributed by atoms with Crippen LogP contribution in [0.15, 0.2) is 9.42 Å². The number of carbonyl (C=O) groups excluding carboxylic acids is 2. The minimum atomic E-state index is -4.09. The van der Waals surface area contributed by atoms with Crippen molar-refractivity contribution < 1.29 is 22.5 Å². The minimum absolute atomic E-state index is 0.0760. The Morgan fingerprint density at radius 2 is 1.72 bits per heavy atom. The summed E-state index contributed by atoms with van der Waals surface area (Å²) in [6.07, 6.45) is 0. The van der Waals surface area contributed by atoms with Crippen molar-refractivity contribution in [1.29, 1.82) is 0 Å². The number of hydrogen-bond acceptors (Lipinski definition) is 6. The maximum atomic E-state index is 12.0. The van der Waals surface area contributed by atoms with Crippen molar-refractivity contribution in [2.24, 2.45) is 0 Å². The summed E-state index contributed by atoms with van der Waals surface area (Å²) in [5, 5.41) is 3.90. The highest BCUT2D eigenvalue weighted by Gasteiger charge is 2.28. The van der Waals surface area contributed by atoms with E-state index in [1.54, 1.807) is 0 Å². The molecule has 0 fully saturated rings. The van der Waals surface area contributed by atoms with Gasteiger partial charge in [-0.05, 0) is 13.8 Å². The molecule has 0 bridgehead atoms. The van der Waals surface area contributed by atoms with Crippen molar-refractivity contribution in [3.63, 3.8) is 0 Å². The number of imide groups is 1. The molecule has 0 aliphatic carbocycles. The maximum absolute atomic E-state index is 12.0. The van der Waals surface area contributed by atoms with E-state index >= 15 is 0 Å². The number of hydrogen-bond donors (Lipinski definition) is 1. The highest BCUT2D eigenvalue weighted by Crippen LogP contribution is 2.18. The summed E-state index contributed by atoms with van der Waals surface area (Å²) in [6, 6.07) is 0. The Bertz CT molecular complexity index is 556. The van der Waals surface area contributed by atoms with E-state index in [1.165, 1.54) is 13.8 Å². The van der Waals surface area contributed by atoms with Gasteiger partial charge < -0.3 is 4.52 Å². The van der Waals surface area contributed by atoms with Crippen molar-refractivity contribution in [2.75, 3.05) is 0 Å². The van der Waals surface area contributed by atoms with E-state index in [0.29, 0.717) is 5.01 Å². The SMILES string of the molecule is CC(=O)N(NS(=O)(=O)c1c(C)noc1C)C(C)=O. The molecule has 2 amide bonds. The smallest absolute Gasteiger partial charge is 0.263 e. The molecule has 0 radical (unpaired) electrons. The Balaban J connectivity index is 3.17. The topological polar surface area (TPSA) is 110 Å². The lowest BCUT2D eigenvalue weighted by Gasteiger charge is -2.17. The Kier molecular flexibility index (Phi) is 3.87. The zero-order valence-corrected chi connectivity index (χ0v) is 11.2. The number of rotatable bonds is 3. The Labute approximate surface area is 104 Å². The summed E-state index contributed by atoms with van der Waals surface area (Å²) >= 11 is 0. The first-order valence-electron chi connectivity index (χ1n) is 4.93.